The molecule has 1 heterocycles. The fourth-order valence-electron chi connectivity index (χ4n) is 2.33. The maximum Gasteiger partial charge on any atom is 0.191 e. The largest absolute Gasteiger partial charge is 0.381 e. The Kier molecular flexibility index (Phi) is 11.1. The van der Waals surface area contributed by atoms with Gasteiger partial charge >= 0.3 is 0 Å². The smallest absolute Gasteiger partial charge is 0.191 e. The third-order valence-electron chi connectivity index (χ3n) is 3.94. The minimum absolute atomic E-state index is 0. The second-order valence-corrected chi connectivity index (χ2v) is 9.42. The highest BCUT2D eigenvalue weighted by Gasteiger charge is 2.31. The van der Waals surface area contributed by atoms with Gasteiger partial charge in [-0.3, -0.25) is 4.99 Å². The first-order chi connectivity index (χ1) is 10.3. The van der Waals surface area contributed by atoms with Gasteiger partial charge in [-0.15, -0.1) is 24.0 Å². The van der Waals surface area contributed by atoms with E-state index >= 15 is 0 Å². The summed E-state index contributed by atoms with van der Waals surface area (Å²) in [5, 5.41) is 6.63. The fraction of sp³-hybridized carbons (Fsp3) is 0.929. The second kappa shape index (κ2) is 11.0. The summed E-state index contributed by atoms with van der Waals surface area (Å²) in [7, 11) is -1.19. The van der Waals surface area contributed by atoms with Gasteiger partial charge in [-0.1, -0.05) is 0 Å². The van der Waals surface area contributed by atoms with Crippen LogP contribution in [0.3, 0.4) is 0 Å². The second-order valence-electron chi connectivity index (χ2n) is 5.89. The number of guanidine groups is 1. The van der Waals surface area contributed by atoms with Gasteiger partial charge in [0.1, 0.15) is 9.84 Å². The van der Waals surface area contributed by atoms with Crippen molar-refractivity contribution in [1.29, 1.82) is 0 Å². The maximum atomic E-state index is 11.2. The van der Waals surface area contributed by atoms with E-state index in [4.69, 9.17) is 4.74 Å². The molecule has 0 amide bonds. The number of sulfone groups is 1. The number of nitrogens with one attached hydrogen (secondary N) is 2. The Labute approximate surface area is 161 Å². The van der Waals surface area contributed by atoms with Crippen molar-refractivity contribution < 1.29 is 13.2 Å². The van der Waals surface area contributed by atoms with Crippen molar-refractivity contribution in [3.63, 3.8) is 0 Å². The third-order valence-corrected chi connectivity index (χ3v) is 6.34. The normalized spacial score (nSPS) is 19.6. The molecule has 1 fully saturated rings. The lowest BCUT2D eigenvalue weighted by molar-refractivity contribution is 0.0782. The highest BCUT2D eigenvalue weighted by Crippen LogP contribution is 2.32. The highest BCUT2D eigenvalue weighted by molar-refractivity contribution is 14.0. The number of halogens is 1. The molecule has 0 spiro atoms. The van der Waals surface area contributed by atoms with Crippen LogP contribution in [0.5, 0.6) is 0 Å². The van der Waals surface area contributed by atoms with Crippen molar-refractivity contribution in [2.75, 3.05) is 45.1 Å². The van der Waals surface area contributed by atoms with Crippen LogP contribution >= 0.6 is 35.7 Å². The molecule has 1 unspecified atom stereocenters. The van der Waals surface area contributed by atoms with Gasteiger partial charge < -0.3 is 15.4 Å². The molecule has 138 valence electrons. The zero-order valence-electron chi connectivity index (χ0n) is 14.4. The summed E-state index contributed by atoms with van der Waals surface area (Å²) in [6.45, 7) is 4.41. The minimum atomic E-state index is -2.92. The molecule has 0 aromatic heterocycles. The first-order valence-electron chi connectivity index (χ1n) is 7.58. The number of thioether (sulfide) groups is 1. The number of hydrogen-bond acceptors (Lipinski definition) is 5. The Bertz CT molecular complexity index is 466. The molecule has 0 saturated carbocycles. The minimum Gasteiger partial charge on any atom is -0.381 e. The summed E-state index contributed by atoms with van der Waals surface area (Å²) >= 11 is 1.87. The lowest BCUT2D eigenvalue weighted by Gasteiger charge is -2.36. The molecular weight excluding hydrogens is 449 g/mol. The molecule has 9 heteroatoms. The Morgan fingerprint density at radius 3 is 2.48 bits per heavy atom. The van der Waals surface area contributed by atoms with E-state index in [0.29, 0.717) is 6.42 Å². The molecule has 1 saturated heterocycles. The molecule has 0 aliphatic carbocycles. The Morgan fingerprint density at radius 1 is 1.39 bits per heavy atom. The van der Waals surface area contributed by atoms with E-state index in [1.54, 1.807) is 7.05 Å². The number of rotatable bonds is 7. The SMILES string of the molecule is CN=C(NCC1(SC)CCOCC1)NC(C)CCS(C)(=O)=O.I. The standard InChI is InChI=1S/C14H29N3O3S2.HI/c1-12(5-10-22(4,18)19)17-13(15-2)16-11-14(21-3)6-8-20-9-7-14;/h12H,5-11H2,1-4H3,(H2,15,16,17);1H. The van der Waals surface area contributed by atoms with Crippen molar-refractivity contribution in [3.05, 3.63) is 0 Å². The Morgan fingerprint density at radius 2 is 2.00 bits per heavy atom. The van der Waals surface area contributed by atoms with E-state index in [9.17, 15) is 8.42 Å². The van der Waals surface area contributed by atoms with Crippen LogP contribution in [0.2, 0.25) is 0 Å². The number of hydrogen-bond donors (Lipinski definition) is 2. The number of nitrogens with zero attached hydrogens (tertiary/aromatic N) is 1. The van der Waals surface area contributed by atoms with Crippen LogP contribution in [-0.2, 0) is 14.6 Å². The third kappa shape index (κ3) is 9.35. The van der Waals surface area contributed by atoms with Gasteiger partial charge in [0.2, 0.25) is 0 Å². The van der Waals surface area contributed by atoms with Crippen LogP contribution in [-0.4, -0.2) is 70.2 Å². The maximum absolute atomic E-state index is 11.2. The predicted octanol–water partition coefficient (Wildman–Crippen LogP) is 1.50. The van der Waals surface area contributed by atoms with Gasteiger partial charge in [0.25, 0.3) is 0 Å². The van der Waals surface area contributed by atoms with Crippen LogP contribution in [0.1, 0.15) is 26.2 Å². The molecular formula is C14H30IN3O3S2. The molecule has 0 aromatic carbocycles. The van der Waals surface area contributed by atoms with Crippen LogP contribution in [0.25, 0.3) is 0 Å². The van der Waals surface area contributed by atoms with Crippen molar-refractivity contribution in [2.24, 2.45) is 4.99 Å². The van der Waals surface area contributed by atoms with Gasteiger partial charge in [-0.2, -0.15) is 11.8 Å². The molecule has 1 atom stereocenters. The number of ether oxygens (including phenoxy) is 1. The van der Waals surface area contributed by atoms with Gasteiger partial charge in [0, 0.05) is 43.9 Å². The quantitative estimate of drug-likeness (QED) is 0.328. The van der Waals surface area contributed by atoms with E-state index in [2.05, 4.69) is 21.9 Å². The summed E-state index contributed by atoms with van der Waals surface area (Å²) in [5.74, 6) is 0.908. The van der Waals surface area contributed by atoms with E-state index in [1.807, 2.05) is 18.7 Å². The topological polar surface area (TPSA) is 79.8 Å². The summed E-state index contributed by atoms with van der Waals surface area (Å²) in [5.41, 5.74) is 0. The van der Waals surface area contributed by atoms with Gasteiger partial charge in [0.15, 0.2) is 5.96 Å². The van der Waals surface area contributed by atoms with E-state index in [0.717, 1.165) is 38.6 Å². The molecule has 1 rings (SSSR count). The zero-order valence-corrected chi connectivity index (χ0v) is 18.4. The monoisotopic (exact) mass is 479 g/mol. The van der Waals surface area contributed by atoms with Crippen LogP contribution in [0, 0.1) is 0 Å². The number of aliphatic imine (C=N–C) groups is 1. The van der Waals surface area contributed by atoms with Crippen molar-refractivity contribution in [3.8, 4) is 0 Å². The van der Waals surface area contributed by atoms with Crippen LogP contribution in [0.4, 0.5) is 0 Å². The van der Waals surface area contributed by atoms with E-state index in [1.165, 1.54) is 6.26 Å². The summed E-state index contributed by atoms with van der Waals surface area (Å²) in [6.07, 6.45) is 6.03. The van der Waals surface area contributed by atoms with Crippen LogP contribution < -0.4 is 10.6 Å². The molecule has 23 heavy (non-hydrogen) atoms. The Hall–Kier alpha value is 0.260. The van der Waals surface area contributed by atoms with Crippen LogP contribution in [0.15, 0.2) is 4.99 Å². The molecule has 1 aliphatic rings. The van der Waals surface area contributed by atoms with Gasteiger partial charge in [-0.25, -0.2) is 8.42 Å². The molecule has 0 aromatic rings. The first-order valence-corrected chi connectivity index (χ1v) is 10.9. The summed E-state index contributed by atoms with van der Waals surface area (Å²) in [4.78, 5) is 4.23. The van der Waals surface area contributed by atoms with Gasteiger partial charge in [-0.05, 0) is 32.4 Å². The Balaban J connectivity index is 0.00000484. The average Bonchev–Trinajstić information content (AvgIpc) is 2.49. The fourth-order valence-corrected chi connectivity index (χ4v) is 3.91. The summed E-state index contributed by atoms with van der Waals surface area (Å²) < 4.78 is 28.1. The summed E-state index contributed by atoms with van der Waals surface area (Å²) in [6, 6.07) is 0.0563. The lowest BCUT2D eigenvalue weighted by Crippen LogP contribution is -2.49. The molecule has 1 aliphatic heterocycles. The van der Waals surface area contributed by atoms with E-state index in [-0.39, 0.29) is 40.5 Å². The van der Waals surface area contributed by atoms with Crippen molar-refractivity contribution in [1.82, 2.24) is 10.6 Å². The lowest BCUT2D eigenvalue weighted by atomic mass is 9.99. The molecule has 0 bridgehead atoms. The molecule has 6 nitrogen and oxygen atoms in total. The molecule has 0 radical (unpaired) electrons. The first kappa shape index (κ1) is 23.3. The average molecular weight is 479 g/mol. The van der Waals surface area contributed by atoms with Gasteiger partial charge in [0.05, 0.1) is 5.75 Å². The zero-order chi connectivity index (χ0) is 16.6. The van der Waals surface area contributed by atoms with E-state index < -0.39 is 9.84 Å². The van der Waals surface area contributed by atoms with Crippen molar-refractivity contribution in [2.45, 2.75) is 37.0 Å². The van der Waals surface area contributed by atoms with Crippen molar-refractivity contribution >= 4 is 51.5 Å². The predicted molar refractivity (Wildman–Crippen MR) is 110 cm³/mol. The highest BCUT2D eigenvalue weighted by atomic mass is 127. The molecule has 2 N–H and O–H groups in total.